The molecular formula is C12H19NO3S3. The van der Waals surface area contributed by atoms with Gasteiger partial charge in [-0.2, -0.15) is 11.8 Å². The van der Waals surface area contributed by atoms with Crippen LogP contribution in [0.25, 0.3) is 0 Å². The number of aliphatic hydroxyl groups is 1. The Morgan fingerprint density at radius 2 is 2.32 bits per heavy atom. The zero-order valence-electron chi connectivity index (χ0n) is 10.8. The van der Waals surface area contributed by atoms with Crippen molar-refractivity contribution in [3.63, 3.8) is 0 Å². The van der Waals surface area contributed by atoms with E-state index in [1.807, 2.05) is 11.8 Å². The number of hydrogen-bond acceptors (Lipinski definition) is 5. The molecule has 1 aliphatic rings. The molecule has 0 saturated heterocycles. The molecule has 1 aromatic heterocycles. The van der Waals surface area contributed by atoms with Gasteiger partial charge in [0.2, 0.25) is 10.0 Å². The molecule has 2 rings (SSSR count). The average Bonchev–Trinajstić information content (AvgIpc) is 2.88. The predicted molar refractivity (Wildman–Crippen MR) is 80.1 cm³/mol. The molecule has 19 heavy (non-hydrogen) atoms. The summed E-state index contributed by atoms with van der Waals surface area (Å²) in [6, 6.07) is 1.58. The molecular weight excluding hydrogens is 302 g/mol. The lowest BCUT2D eigenvalue weighted by Gasteiger charge is -2.28. The summed E-state index contributed by atoms with van der Waals surface area (Å²) >= 11 is 3.08. The number of sulfonamides is 1. The lowest BCUT2D eigenvalue weighted by Crippen LogP contribution is -2.38. The van der Waals surface area contributed by atoms with Crippen LogP contribution in [0.4, 0.5) is 0 Å². The highest BCUT2D eigenvalue weighted by atomic mass is 32.2. The normalized spacial score (nSPS) is 24.5. The molecule has 0 aromatic carbocycles. The molecule has 0 spiro atoms. The summed E-state index contributed by atoms with van der Waals surface area (Å²) < 4.78 is 27.3. The minimum Gasteiger partial charge on any atom is -0.391 e. The van der Waals surface area contributed by atoms with E-state index in [4.69, 9.17) is 5.11 Å². The summed E-state index contributed by atoms with van der Waals surface area (Å²) in [6.07, 6.45) is 6.13. The molecule has 1 fully saturated rings. The molecule has 2 N–H and O–H groups in total. The van der Waals surface area contributed by atoms with Crippen molar-refractivity contribution in [1.82, 2.24) is 4.72 Å². The second-order valence-electron chi connectivity index (χ2n) is 4.75. The molecule has 2 atom stereocenters. The fourth-order valence-corrected chi connectivity index (χ4v) is 5.58. The van der Waals surface area contributed by atoms with Crippen LogP contribution >= 0.6 is 23.1 Å². The van der Waals surface area contributed by atoms with Crippen LogP contribution in [-0.2, 0) is 16.6 Å². The summed E-state index contributed by atoms with van der Waals surface area (Å²) in [7, 11) is -3.44. The van der Waals surface area contributed by atoms with Crippen LogP contribution in [0.5, 0.6) is 0 Å². The van der Waals surface area contributed by atoms with E-state index >= 15 is 0 Å². The van der Waals surface area contributed by atoms with Gasteiger partial charge in [-0.1, -0.05) is 6.42 Å². The van der Waals surface area contributed by atoms with Gasteiger partial charge in [0.05, 0.1) is 11.5 Å². The first kappa shape index (κ1) is 15.3. The van der Waals surface area contributed by atoms with E-state index in [-0.39, 0.29) is 17.5 Å². The molecule has 0 amide bonds. The molecule has 1 heterocycles. The van der Waals surface area contributed by atoms with Crippen molar-refractivity contribution in [2.24, 2.45) is 0 Å². The van der Waals surface area contributed by atoms with Crippen LogP contribution in [0, 0.1) is 0 Å². The van der Waals surface area contributed by atoms with Gasteiger partial charge >= 0.3 is 0 Å². The predicted octanol–water partition coefficient (Wildman–Crippen LogP) is 2.19. The van der Waals surface area contributed by atoms with Crippen molar-refractivity contribution in [3.8, 4) is 0 Å². The zero-order valence-corrected chi connectivity index (χ0v) is 13.3. The number of thioether (sulfide) groups is 1. The third-order valence-corrected chi connectivity index (χ3v) is 7.04. The van der Waals surface area contributed by atoms with Crippen LogP contribution in [-0.4, -0.2) is 31.1 Å². The van der Waals surface area contributed by atoms with E-state index in [9.17, 15) is 8.42 Å². The summed E-state index contributed by atoms with van der Waals surface area (Å²) in [4.78, 5) is 0.943. The average molecular weight is 321 g/mol. The third kappa shape index (κ3) is 3.95. The first-order chi connectivity index (χ1) is 9.05. The number of thiophene rings is 1. The van der Waals surface area contributed by atoms with Gasteiger partial charge in [0.25, 0.3) is 0 Å². The summed E-state index contributed by atoms with van der Waals surface area (Å²) in [5, 5.41) is 11.1. The highest BCUT2D eigenvalue weighted by Gasteiger charge is 2.26. The first-order valence-corrected chi connectivity index (χ1v) is 9.93. The first-order valence-electron chi connectivity index (χ1n) is 6.28. The number of nitrogens with one attached hydrogen (secondary N) is 1. The Morgan fingerprint density at radius 1 is 1.53 bits per heavy atom. The topological polar surface area (TPSA) is 66.4 Å². The maximum absolute atomic E-state index is 12.2. The molecule has 0 bridgehead atoms. The molecule has 1 saturated carbocycles. The Hall–Kier alpha value is -0.0800. The highest BCUT2D eigenvalue weighted by Crippen LogP contribution is 2.28. The van der Waals surface area contributed by atoms with E-state index in [1.165, 1.54) is 17.8 Å². The molecule has 2 unspecified atom stereocenters. The van der Waals surface area contributed by atoms with Crippen LogP contribution in [0.15, 0.2) is 16.3 Å². The fourth-order valence-electron chi connectivity index (χ4n) is 2.34. The lowest BCUT2D eigenvalue weighted by atomic mass is 9.96. The van der Waals surface area contributed by atoms with Gasteiger partial charge in [0, 0.05) is 21.5 Å². The minimum atomic E-state index is -3.44. The van der Waals surface area contributed by atoms with Crippen LogP contribution < -0.4 is 4.72 Å². The Kier molecular flexibility index (Phi) is 5.30. The molecule has 1 aliphatic carbocycles. The maximum Gasteiger partial charge on any atom is 0.241 e. The van der Waals surface area contributed by atoms with Crippen molar-refractivity contribution in [3.05, 3.63) is 16.3 Å². The Labute approximate surface area is 122 Å². The molecule has 7 heteroatoms. The van der Waals surface area contributed by atoms with E-state index in [1.54, 1.807) is 11.4 Å². The molecule has 0 radical (unpaired) electrons. The van der Waals surface area contributed by atoms with Gasteiger partial charge in [-0.3, -0.25) is 0 Å². The quantitative estimate of drug-likeness (QED) is 0.872. The summed E-state index contributed by atoms with van der Waals surface area (Å²) in [5.41, 5.74) is 0. The lowest BCUT2D eigenvalue weighted by molar-refractivity contribution is 0.285. The van der Waals surface area contributed by atoms with E-state index in [0.717, 1.165) is 19.3 Å². The van der Waals surface area contributed by atoms with Gasteiger partial charge in [0.1, 0.15) is 0 Å². The number of aliphatic hydroxyl groups excluding tert-OH is 1. The van der Waals surface area contributed by atoms with E-state index < -0.39 is 10.0 Å². The van der Waals surface area contributed by atoms with Crippen molar-refractivity contribution in [2.75, 3.05) is 6.26 Å². The van der Waals surface area contributed by atoms with Gasteiger partial charge in [-0.25, -0.2) is 13.1 Å². The van der Waals surface area contributed by atoms with Crippen molar-refractivity contribution in [1.29, 1.82) is 0 Å². The monoisotopic (exact) mass is 321 g/mol. The van der Waals surface area contributed by atoms with Crippen LogP contribution in [0.1, 0.15) is 30.6 Å². The zero-order chi connectivity index (χ0) is 13.9. The van der Waals surface area contributed by atoms with Crippen molar-refractivity contribution < 1.29 is 13.5 Å². The number of hydrogen-bond donors (Lipinski definition) is 2. The SMILES string of the molecule is CSC1CCCC(NS(=O)(=O)c2csc(CO)c2)C1. The smallest absolute Gasteiger partial charge is 0.241 e. The molecule has 0 aliphatic heterocycles. The third-order valence-electron chi connectivity index (χ3n) is 3.38. The minimum absolute atomic E-state index is 0.0358. The largest absolute Gasteiger partial charge is 0.391 e. The molecule has 4 nitrogen and oxygen atoms in total. The second-order valence-corrected chi connectivity index (χ2v) is 8.60. The number of rotatable bonds is 5. The van der Waals surface area contributed by atoms with Crippen molar-refractivity contribution in [2.45, 2.75) is 48.5 Å². The molecule has 1 aromatic rings. The van der Waals surface area contributed by atoms with Gasteiger partial charge in [-0.15, -0.1) is 11.3 Å². The van der Waals surface area contributed by atoms with Crippen molar-refractivity contribution >= 4 is 33.1 Å². The Morgan fingerprint density at radius 3 is 2.95 bits per heavy atom. The second kappa shape index (κ2) is 6.58. The fraction of sp³-hybridized carbons (Fsp3) is 0.667. The summed E-state index contributed by atoms with van der Waals surface area (Å²) in [5.74, 6) is 0. The van der Waals surface area contributed by atoms with Crippen LogP contribution in [0.3, 0.4) is 0 Å². The van der Waals surface area contributed by atoms with Gasteiger partial charge in [-0.05, 0) is 31.6 Å². The maximum atomic E-state index is 12.2. The Bertz CT molecular complexity index is 512. The highest BCUT2D eigenvalue weighted by molar-refractivity contribution is 7.99. The summed E-state index contributed by atoms with van der Waals surface area (Å²) in [6.45, 7) is -0.113. The standard InChI is InChI=1S/C12H19NO3S3/c1-17-10-4-2-3-9(5-10)13-19(15,16)12-6-11(7-14)18-8-12/h6,8-10,13-14H,2-5,7H2,1H3. The molecule has 108 valence electrons. The van der Waals surface area contributed by atoms with Gasteiger partial charge < -0.3 is 5.11 Å². The van der Waals surface area contributed by atoms with E-state index in [2.05, 4.69) is 11.0 Å². The van der Waals surface area contributed by atoms with E-state index in [0.29, 0.717) is 10.1 Å². The van der Waals surface area contributed by atoms with Crippen LogP contribution in [0.2, 0.25) is 0 Å². The van der Waals surface area contributed by atoms with Gasteiger partial charge in [0.15, 0.2) is 0 Å². The Balaban J connectivity index is 2.04.